The summed E-state index contributed by atoms with van der Waals surface area (Å²) in [4.78, 5) is 2.59. The number of likely N-dealkylation sites (N-methyl/N-ethyl adjacent to an activating group) is 1. The van der Waals surface area contributed by atoms with Crippen molar-refractivity contribution in [3.63, 3.8) is 0 Å². The Balaban J connectivity index is 4.32. The Morgan fingerprint density at radius 2 is 1.69 bits per heavy atom. The Morgan fingerprint density at radius 3 is 2.00 bits per heavy atom. The van der Waals surface area contributed by atoms with E-state index >= 15 is 0 Å². The summed E-state index contributed by atoms with van der Waals surface area (Å²) in [5, 5.41) is 0. The van der Waals surface area contributed by atoms with E-state index in [0.717, 1.165) is 31.8 Å². The maximum atomic E-state index is 6.00. The van der Waals surface area contributed by atoms with Gasteiger partial charge in [-0.05, 0) is 44.7 Å². The molecule has 0 fully saturated rings. The van der Waals surface area contributed by atoms with Crippen LogP contribution in [0.1, 0.15) is 60.3 Å². The Labute approximate surface area is 103 Å². The molecule has 0 unspecified atom stereocenters. The Morgan fingerprint density at radius 1 is 1.12 bits per heavy atom. The van der Waals surface area contributed by atoms with E-state index in [1.54, 1.807) is 0 Å². The second-order valence-corrected chi connectivity index (χ2v) is 5.25. The van der Waals surface area contributed by atoms with Gasteiger partial charge in [-0.25, -0.2) is 0 Å². The third-order valence-corrected chi connectivity index (χ3v) is 3.96. The first-order chi connectivity index (χ1) is 7.56. The van der Waals surface area contributed by atoms with Gasteiger partial charge in [-0.3, -0.25) is 4.90 Å². The van der Waals surface area contributed by atoms with Crippen molar-refractivity contribution in [1.29, 1.82) is 0 Å². The van der Waals surface area contributed by atoms with Crippen LogP contribution in [-0.2, 0) is 0 Å². The zero-order chi connectivity index (χ0) is 12.6. The van der Waals surface area contributed by atoms with Crippen LogP contribution >= 0.6 is 0 Å². The Hall–Kier alpha value is -0.0800. The molecule has 2 heteroatoms. The average Bonchev–Trinajstić information content (AvgIpc) is 2.29. The van der Waals surface area contributed by atoms with Crippen molar-refractivity contribution in [2.24, 2.45) is 11.7 Å². The molecule has 0 spiro atoms. The molecule has 0 radical (unpaired) electrons. The standard InChI is InChI=1S/C14H32N2/c1-6-14(7-2,12-15)16(8-3)11-9-10-13(4)5/h13H,6-12,15H2,1-5H3. The van der Waals surface area contributed by atoms with Gasteiger partial charge in [0.2, 0.25) is 0 Å². The van der Waals surface area contributed by atoms with E-state index in [1.807, 2.05) is 0 Å². The minimum Gasteiger partial charge on any atom is -0.329 e. The number of nitrogens with two attached hydrogens (primary N) is 1. The molecule has 0 rings (SSSR count). The summed E-state index contributed by atoms with van der Waals surface area (Å²) in [5.41, 5.74) is 6.24. The van der Waals surface area contributed by atoms with E-state index in [2.05, 4.69) is 39.5 Å². The van der Waals surface area contributed by atoms with Gasteiger partial charge >= 0.3 is 0 Å². The molecule has 0 bridgehead atoms. The Bertz CT molecular complexity index is 154. The molecule has 0 aromatic carbocycles. The van der Waals surface area contributed by atoms with Crippen molar-refractivity contribution in [2.45, 2.75) is 65.8 Å². The van der Waals surface area contributed by atoms with E-state index < -0.39 is 0 Å². The number of rotatable bonds is 9. The highest BCUT2D eigenvalue weighted by Crippen LogP contribution is 2.23. The van der Waals surface area contributed by atoms with Crippen molar-refractivity contribution in [1.82, 2.24) is 4.90 Å². The molecule has 0 saturated carbocycles. The second-order valence-electron chi connectivity index (χ2n) is 5.25. The zero-order valence-corrected chi connectivity index (χ0v) is 12.1. The lowest BCUT2D eigenvalue weighted by atomic mass is 9.90. The highest BCUT2D eigenvalue weighted by atomic mass is 15.2. The van der Waals surface area contributed by atoms with E-state index in [-0.39, 0.29) is 5.54 Å². The first-order valence-corrected chi connectivity index (χ1v) is 7.01. The van der Waals surface area contributed by atoms with Gasteiger partial charge in [-0.15, -0.1) is 0 Å². The van der Waals surface area contributed by atoms with E-state index in [9.17, 15) is 0 Å². The minimum absolute atomic E-state index is 0.242. The van der Waals surface area contributed by atoms with Crippen LogP contribution in [0.3, 0.4) is 0 Å². The third-order valence-electron chi connectivity index (χ3n) is 3.96. The summed E-state index contributed by atoms with van der Waals surface area (Å²) in [6.07, 6.45) is 4.95. The molecule has 0 aliphatic heterocycles. The van der Waals surface area contributed by atoms with Crippen LogP contribution < -0.4 is 5.73 Å². The molecule has 0 atom stereocenters. The normalized spacial score (nSPS) is 12.8. The van der Waals surface area contributed by atoms with Gasteiger partial charge in [0.05, 0.1) is 0 Å². The fourth-order valence-corrected chi connectivity index (χ4v) is 2.54. The molecule has 0 aliphatic carbocycles. The number of nitrogens with zero attached hydrogens (tertiary/aromatic N) is 1. The van der Waals surface area contributed by atoms with Gasteiger partial charge in [0.25, 0.3) is 0 Å². The van der Waals surface area contributed by atoms with E-state index in [0.29, 0.717) is 0 Å². The average molecular weight is 228 g/mol. The first-order valence-electron chi connectivity index (χ1n) is 7.01. The lowest BCUT2D eigenvalue weighted by molar-refractivity contribution is 0.0877. The van der Waals surface area contributed by atoms with Crippen molar-refractivity contribution in [3.8, 4) is 0 Å². The molecular weight excluding hydrogens is 196 g/mol. The summed E-state index contributed by atoms with van der Waals surface area (Å²) < 4.78 is 0. The van der Waals surface area contributed by atoms with E-state index in [1.165, 1.54) is 19.4 Å². The van der Waals surface area contributed by atoms with Crippen molar-refractivity contribution in [3.05, 3.63) is 0 Å². The van der Waals surface area contributed by atoms with Crippen LogP contribution in [0.5, 0.6) is 0 Å². The molecule has 2 nitrogen and oxygen atoms in total. The summed E-state index contributed by atoms with van der Waals surface area (Å²) in [5.74, 6) is 0.814. The summed E-state index contributed by atoms with van der Waals surface area (Å²) in [6, 6.07) is 0. The molecule has 0 aromatic rings. The second kappa shape index (κ2) is 8.08. The summed E-state index contributed by atoms with van der Waals surface area (Å²) in [7, 11) is 0. The lowest BCUT2D eigenvalue weighted by Gasteiger charge is -2.42. The molecule has 16 heavy (non-hydrogen) atoms. The van der Waals surface area contributed by atoms with Gasteiger partial charge in [0, 0.05) is 12.1 Å². The number of hydrogen-bond acceptors (Lipinski definition) is 2. The largest absolute Gasteiger partial charge is 0.329 e. The van der Waals surface area contributed by atoms with Crippen LogP contribution in [0, 0.1) is 5.92 Å². The SMILES string of the molecule is CCN(CCCC(C)C)C(CC)(CC)CN. The molecular formula is C14H32N2. The summed E-state index contributed by atoms with van der Waals surface area (Å²) >= 11 is 0. The fraction of sp³-hybridized carbons (Fsp3) is 1.00. The smallest absolute Gasteiger partial charge is 0.0326 e. The molecule has 0 aromatic heterocycles. The van der Waals surface area contributed by atoms with Gasteiger partial charge in [-0.2, -0.15) is 0 Å². The first kappa shape index (κ1) is 15.9. The molecule has 0 heterocycles. The highest BCUT2D eigenvalue weighted by Gasteiger charge is 2.30. The van der Waals surface area contributed by atoms with Crippen LogP contribution in [0.2, 0.25) is 0 Å². The van der Waals surface area contributed by atoms with Crippen LogP contribution in [0.25, 0.3) is 0 Å². The van der Waals surface area contributed by atoms with Crippen LogP contribution in [0.4, 0.5) is 0 Å². The monoisotopic (exact) mass is 228 g/mol. The summed E-state index contributed by atoms with van der Waals surface area (Å²) in [6.45, 7) is 14.5. The van der Waals surface area contributed by atoms with Gasteiger partial charge in [-0.1, -0.05) is 34.6 Å². The lowest BCUT2D eigenvalue weighted by Crippen LogP contribution is -2.53. The van der Waals surface area contributed by atoms with E-state index in [4.69, 9.17) is 5.73 Å². The van der Waals surface area contributed by atoms with Crippen LogP contribution in [0.15, 0.2) is 0 Å². The quantitative estimate of drug-likeness (QED) is 0.656. The number of hydrogen-bond donors (Lipinski definition) is 1. The minimum atomic E-state index is 0.242. The maximum Gasteiger partial charge on any atom is 0.0326 e. The van der Waals surface area contributed by atoms with Crippen LogP contribution in [-0.4, -0.2) is 30.1 Å². The van der Waals surface area contributed by atoms with Crippen molar-refractivity contribution in [2.75, 3.05) is 19.6 Å². The predicted octanol–water partition coefficient (Wildman–Crippen LogP) is 3.26. The maximum absolute atomic E-state index is 6.00. The van der Waals surface area contributed by atoms with Crippen molar-refractivity contribution < 1.29 is 0 Å². The highest BCUT2D eigenvalue weighted by molar-refractivity contribution is 4.89. The fourth-order valence-electron chi connectivity index (χ4n) is 2.54. The molecule has 2 N–H and O–H groups in total. The molecule has 0 saturated heterocycles. The van der Waals surface area contributed by atoms with Crippen molar-refractivity contribution >= 4 is 0 Å². The molecule has 0 aliphatic rings. The third kappa shape index (κ3) is 4.42. The molecule has 98 valence electrons. The topological polar surface area (TPSA) is 29.3 Å². The van der Waals surface area contributed by atoms with Gasteiger partial charge in [0.1, 0.15) is 0 Å². The predicted molar refractivity (Wildman–Crippen MR) is 73.7 cm³/mol. The molecule has 0 amide bonds. The van der Waals surface area contributed by atoms with Gasteiger partial charge < -0.3 is 5.73 Å². The Kier molecular flexibility index (Phi) is 8.04. The van der Waals surface area contributed by atoms with Gasteiger partial charge in [0.15, 0.2) is 0 Å². The zero-order valence-electron chi connectivity index (χ0n) is 12.1.